The van der Waals surface area contributed by atoms with E-state index >= 15 is 0 Å². The van der Waals surface area contributed by atoms with E-state index in [1.807, 2.05) is 0 Å². The zero-order valence-electron chi connectivity index (χ0n) is 12.0. The molecule has 0 aliphatic rings. The summed E-state index contributed by atoms with van der Waals surface area (Å²) in [6, 6.07) is 0. The normalized spacial score (nSPS) is 13.6. The number of hydrogen-bond donors (Lipinski definition) is 6. The van der Waals surface area contributed by atoms with Gasteiger partial charge in [-0.3, -0.25) is 9.13 Å². The molecule has 6 N–H and O–H groups in total. The topological polar surface area (TPSA) is 156 Å². The van der Waals surface area contributed by atoms with E-state index in [1.165, 1.54) is 0 Å². The van der Waals surface area contributed by atoms with Crippen molar-refractivity contribution in [3.63, 3.8) is 0 Å². The summed E-state index contributed by atoms with van der Waals surface area (Å²) in [6.45, 7) is 0.184. The molecule has 0 rings (SSSR count). The largest absolute Gasteiger partial charge is 0.396 e. The Kier molecular flexibility index (Phi) is 9.48. The molecule has 0 aliphatic heterocycles. The smallest absolute Gasteiger partial charge is 0.369 e. The molecule has 0 fully saturated rings. The summed E-state index contributed by atoms with van der Waals surface area (Å²) in [5.41, 5.74) is 0. The van der Waals surface area contributed by atoms with Crippen LogP contribution in [0.1, 0.15) is 57.8 Å². The zero-order valence-corrected chi connectivity index (χ0v) is 13.8. The summed E-state index contributed by atoms with van der Waals surface area (Å²) >= 11 is 0. The summed E-state index contributed by atoms with van der Waals surface area (Å²) in [5.74, 6) is 0. The third kappa shape index (κ3) is 7.35. The Morgan fingerprint density at radius 2 is 1.00 bits per heavy atom. The van der Waals surface area contributed by atoms with Crippen molar-refractivity contribution in [3.8, 4) is 0 Å². The van der Waals surface area contributed by atoms with Crippen LogP contribution in [0.4, 0.5) is 0 Å². The van der Waals surface area contributed by atoms with Crippen LogP contribution in [0, 0.1) is 0 Å². The lowest BCUT2D eigenvalue weighted by molar-refractivity contribution is 0.120. The molecule has 0 saturated carbocycles. The van der Waals surface area contributed by atoms with Crippen molar-refractivity contribution < 1.29 is 38.9 Å². The Bertz CT molecular complexity index is 352. The molecule has 0 spiro atoms. The minimum Gasteiger partial charge on any atom is -0.396 e. The van der Waals surface area contributed by atoms with Crippen LogP contribution in [0.5, 0.6) is 0 Å². The van der Waals surface area contributed by atoms with Gasteiger partial charge in [0.25, 0.3) is 5.08 Å². The van der Waals surface area contributed by atoms with Gasteiger partial charge in [-0.2, -0.15) is 0 Å². The highest BCUT2D eigenvalue weighted by Gasteiger charge is 2.58. The first-order chi connectivity index (χ1) is 9.56. The van der Waals surface area contributed by atoms with Crippen LogP contribution in [-0.4, -0.2) is 41.5 Å². The van der Waals surface area contributed by atoms with Crippen molar-refractivity contribution >= 4 is 15.2 Å². The quantitative estimate of drug-likeness (QED) is 0.229. The average Bonchev–Trinajstić information content (AvgIpc) is 2.33. The molecule has 21 heavy (non-hydrogen) atoms. The molecule has 0 amide bonds. The monoisotopic (exact) mass is 348 g/mol. The Balaban J connectivity index is 4.03. The van der Waals surface area contributed by atoms with Gasteiger partial charge >= 0.3 is 15.2 Å². The van der Waals surface area contributed by atoms with Crippen LogP contribution in [0.25, 0.3) is 0 Å². The third-order valence-corrected chi connectivity index (χ3v) is 7.23. The van der Waals surface area contributed by atoms with Crippen molar-refractivity contribution in [2.24, 2.45) is 0 Å². The van der Waals surface area contributed by atoms with Gasteiger partial charge in [-0.05, 0) is 19.3 Å². The number of hydrogen-bond acceptors (Lipinski definition) is 4. The van der Waals surface area contributed by atoms with Gasteiger partial charge in [0.2, 0.25) is 0 Å². The molecule has 0 heterocycles. The van der Waals surface area contributed by atoms with E-state index in [1.54, 1.807) is 0 Å². The molecule has 0 unspecified atom stereocenters. The lowest BCUT2D eigenvalue weighted by Crippen LogP contribution is -2.28. The molecule has 8 nitrogen and oxygen atoms in total. The Hall–Kier alpha value is 0.220. The van der Waals surface area contributed by atoms with Crippen molar-refractivity contribution in [1.82, 2.24) is 0 Å². The summed E-state index contributed by atoms with van der Waals surface area (Å²) in [5, 5.41) is 15.0. The van der Waals surface area contributed by atoms with Crippen molar-refractivity contribution in [1.29, 1.82) is 0 Å². The van der Waals surface area contributed by atoms with Gasteiger partial charge in [-0.25, -0.2) is 0 Å². The molecule has 0 aliphatic carbocycles. The van der Waals surface area contributed by atoms with Crippen LogP contribution in [0.3, 0.4) is 0 Å². The van der Waals surface area contributed by atoms with Gasteiger partial charge in [0, 0.05) is 6.61 Å². The fourth-order valence-corrected chi connectivity index (χ4v) is 4.25. The van der Waals surface area contributed by atoms with E-state index in [9.17, 15) is 14.2 Å². The molecular weight excluding hydrogens is 322 g/mol. The molecule has 0 aromatic carbocycles. The maximum absolute atomic E-state index is 11.1. The molecule has 0 saturated heterocycles. The standard InChI is InChI=1S/C11H26O8P2/c12-10-8-6-4-2-1-3-5-7-9-11(13,20(14,15)16)21(17,18)19/h12-13H,1-10H2,(H2,14,15,16)(H2,17,18,19). The van der Waals surface area contributed by atoms with E-state index in [4.69, 9.17) is 24.7 Å². The van der Waals surface area contributed by atoms with Crippen LogP contribution in [0.15, 0.2) is 0 Å². The second kappa shape index (κ2) is 9.38. The molecular formula is C11H26O8P2. The molecule has 10 heteroatoms. The maximum Gasteiger partial charge on any atom is 0.369 e. The number of aliphatic hydroxyl groups excluding tert-OH is 1. The average molecular weight is 348 g/mol. The van der Waals surface area contributed by atoms with Crippen LogP contribution in [-0.2, 0) is 9.13 Å². The van der Waals surface area contributed by atoms with Crippen LogP contribution in [0.2, 0.25) is 0 Å². The summed E-state index contributed by atoms with van der Waals surface area (Å²) in [7, 11) is -10.6. The van der Waals surface area contributed by atoms with E-state index in [0.717, 1.165) is 38.5 Å². The van der Waals surface area contributed by atoms with Crippen molar-refractivity contribution in [3.05, 3.63) is 0 Å². The highest BCUT2D eigenvalue weighted by atomic mass is 31.2. The van der Waals surface area contributed by atoms with Gasteiger partial charge in [0.15, 0.2) is 0 Å². The van der Waals surface area contributed by atoms with Gasteiger partial charge in [-0.1, -0.05) is 38.5 Å². The van der Waals surface area contributed by atoms with E-state index in [-0.39, 0.29) is 13.0 Å². The minimum atomic E-state index is -5.31. The highest BCUT2D eigenvalue weighted by molar-refractivity contribution is 7.72. The predicted molar refractivity (Wildman–Crippen MR) is 77.7 cm³/mol. The Morgan fingerprint density at radius 3 is 1.33 bits per heavy atom. The number of unbranched alkanes of at least 4 members (excludes halogenated alkanes) is 7. The first-order valence-electron chi connectivity index (χ1n) is 7.01. The lowest BCUT2D eigenvalue weighted by Gasteiger charge is -2.29. The molecule has 0 atom stereocenters. The second-order valence-corrected chi connectivity index (χ2v) is 9.17. The molecule has 0 bridgehead atoms. The van der Waals surface area contributed by atoms with Gasteiger partial charge in [-0.15, -0.1) is 0 Å². The number of rotatable bonds is 12. The van der Waals surface area contributed by atoms with Gasteiger partial charge in [0.05, 0.1) is 0 Å². The molecule has 128 valence electrons. The van der Waals surface area contributed by atoms with Gasteiger partial charge < -0.3 is 29.8 Å². The summed E-state index contributed by atoms with van der Waals surface area (Å²) in [4.78, 5) is 35.8. The Labute approximate surface area is 124 Å². The predicted octanol–water partition coefficient (Wildman–Crippen LogP) is 1.49. The number of aliphatic hydroxyl groups is 2. The SMILES string of the molecule is O=P(O)(O)C(O)(CCCCCCCCCCO)P(=O)(O)O. The van der Waals surface area contributed by atoms with Gasteiger partial charge in [0.1, 0.15) is 0 Å². The van der Waals surface area contributed by atoms with Crippen LogP contribution >= 0.6 is 15.2 Å². The molecule has 0 aromatic rings. The van der Waals surface area contributed by atoms with E-state index in [0.29, 0.717) is 6.42 Å². The zero-order chi connectivity index (χ0) is 16.6. The first-order valence-corrected chi connectivity index (χ1v) is 10.2. The fraction of sp³-hybridized carbons (Fsp3) is 1.00. The lowest BCUT2D eigenvalue weighted by atomic mass is 10.1. The highest BCUT2D eigenvalue weighted by Crippen LogP contribution is 2.69. The van der Waals surface area contributed by atoms with E-state index in [2.05, 4.69) is 0 Å². The van der Waals surface area contributed by atoms with Crippen LogP contribution < -0.4 is 0 Å². The molecule has 0 aromatic heterocycles. The second-order valence-electron chi connectivity index (χ2n) is 5.16. The summed E-state index contributed by atoms with van der Waals surface area (Å²) < 4.78 is 22.2. The fourth-order valence-electron chi connectivity index (χ4n) is 2.00. The van der Waals surface area contributed by atoms with E-state index < -0.39 is 26.7 Å². The minimum absolute atomic E-state index is 0.128. The van der Waals surface area contributed by atoms with Crippen molar-refractivity contribution in [2.75, 3.05) is 6.61 Å². The maximum atomic E-state index is 11.1. The summed E-state index contributed by atoms with van der Waals surface area (Å²) in [6.07, 6.45) is 5.38. The molecule has 0 radical (unpaired) electrons. The first kappa shape index (κ1) is 21.2. The van der Waals surface area contributed by atoms with Crippen molar-refractivity contribution in [2.45, 2.75) is 62.9 Å². The Morgan fingerprint density at radius 1 is 0.667 bits per heavy atom. The third-order valence-electron chi connectivity index (χ3n) is 3.35.